The fourth-order valence-electron chi connectivity index (χ4n) is 7.89. The van der Waals surface area contributed by atoms with Crippen LogP contribution in [-0.2, 0) is 17.6 Å². The van der Waals surface area contributed by atoms with Gasteiger partial charge in [0.1, 0.15) is 0 Å². The zero-order valence-electron chi connectivity index (χ0n) is 26.8. The Morgan fingerprint density at radius 3 is 1.19 bits per heavy atom. The van der Waals surface area contributed by atoms with Crippen molar-refractivity contribution >= 4 is 11.3 Å². The van der Waals surface area contributed by atoms with Crippen molar-refractivity contribution in [2.24, 2.45) is 0 Å². The lowest BCUT2D eigenvalue weighted by atomic mass is 9.73. The minimum Gasteiger partial charge on any atom is -0.292 e. The average Bonchev–Trinajstić information content (AvgIpc) is 3.66. The lowest BCUT2D eigenvalue weighted by Crippen LogP contribution is -2.55. The zero-order chi connectivity index (χ0) is 32.2. The van der Waals surface area contributed by atoms with E-state index in [0.29, 0.717) is 0 Å². The van der Waals surface area contributed by atoms with E-state index in [1.165, 1.54) is 43.8 Å². The lowest BCUT2D eigenvalue weighted by Gasteiger charge is -2.50. The number of hydrogen-bond donors (Lipinski definition) is 1. The third-order valence-corrected chi connectivity index (χ3v) is 10.9. The van der Waals surface area contributed by atoms with Crippen LogP contribution in [0.15, 0.2) is 193 Å². The first kappa shape index (κ1) is 30.3. The summed E-state index contributed by atoms with van der Waals surface area (Å²) in [6, 6.07) is 68.5. The maximum Gasteiger partial charge on any atom is 0.0976 e. The number of nitrogens with zero attached hydrogens (tertiary/aromatic N) is 1. The molecule has 1 aliphatic rings. The number of rotatable bonds is 9. The molecule has 1 aliphatic heterocycles. The molecule has 0 fully saturated rings. The summed E-state index contributed by atoms with van der Waals surface area (Å²) in [5, 5.41) is 6.65. The van der Waals surface area contributed by atoms with E-state index in [9.17, 15) is 0 Å². The van der Waals surface area contributed by atoms with Crippen LogP contribution in [0.5, 0.6) is 0 Å². The molecule has 0 bridgehead atoms. The quantitative estimate of drug-likeness (QED) is 0.158. The molecule has 234 valence electrons. The first-order valence-electron chi connectivity index (χ1n) is 16.7. The summed E-state index contributed by atoms with van der Waals surface area (Å²) < 4.78 is 0. The molecule has 3 heteroatoms. The zero-order valence-corrected chi connectivity index (χ0v) is 27.6. The van der Waals surface area contributed by atoms with Crippen molar-refractivity contribution in [3.8, 4) is 0 Å². The molecule has 1 N–H and O–H groups in total. The molecular weight excluding hydrogens is 601 g/mol. The van der Waals surface area contributed by atoms with Gasteiger partial charge in [-0.25, -0.2) is 0 Å². The van der Waals surface area contributed by atoms with Gasteiger partial charge in [0, 0.05) is 24.0 Å². The normalized spacial score (nSPS) is 15.1. The van der Waals surface area contributed by atoms with Crippen molar-refractivity contribution in [3.63, 3.8) is 0 Å². The lowest BCUT2D eigenvalue weighted by molar-refractivity contribution is 0.113. The predicted molar refractivity (Wildman–Crippen MR) is 199 cm³/mol. The smallest absolute Gasteiger partial charge is 0.0976 e. The van der Waals surface area contributed by atoms with E-state index in [-0.39, 0.29) is 6.04 Å². The molecule has 0 spiro atoms. The van der Waals surface area contributed by atoms with Gasteiger partial charge in [-0.1, -0.05) is 182 Å². The number of benzene rings is 6. The van der Waals surface area contributed by atoms with Crippen LogP contribution in [0.4, 0.5) is 0 Å². The highest BCUT2D eigenvalue weighted by Crippen LogP contribution is 2.48. The number of nitrogens with one attached hydrogen (secondary N) is 1. The largest absolute Gasteiger partial charge is 0.292 e. The molecule has 8 rings (SSSR count). The maximum absolute atomic E-state index is 4.38. The second kappa shape index (κ2) is 13.2. The molecule has 2 heterocycles. The number of hydrogen-bond acceptors (Lipinski definition) is 3. The van der Waals surface area contributed by atoms with E-state index in [1.807, 2.05) is 11.3 Å². The Labute approximate surface area is 288 Å². The number of thiophene rings is 1. The average molecular weight is 639 g/mol. The molecule has 0 aliphatic carbocycles. The molecular formula is C45H38N2S. The summed E-state index contributed by atoms with van der Waals surface area (Å²) >= 11 is 1.87. The molecule has 48 heavy (non-hydrogen) atoms. The topological polar surface area (TPSA) is 15.3 Å². The van der Waals surface area contributed by atoms with Gasteiger partial charge >= 0.3 is 0 Å². The first-order valence-corrected chi connectivity index (χ1v) is 17.6. The fraction of sp³-hybridized carbons (Fsp3) is 0.111. The van der Waals surface area contributed by atoms with Crippen molar-refractivity contribution in [2.75, 3.05) is 6.54 Å². The van der Waals surface area contributed by atoms with Crippen LogP contribution < -0.4 is 5.32 Å². The van der Waals surface area contributed by atoms with Crippen LogP contribution in [0, 0.1) is 0 Å². The van der Waals surface area contributed by atoms with Crippen molar-refractivity contribution in [1.29, 1.82) is 0 Å². The van der Waals surface area contributed by atoms with Crippen LogP contribution in [0.1, 0.15) is 49.9 Å². The summed E-state index contributed by atoms with van der Waals surface area (Å²) in [5.74, 6) is 0. The van der Waals surface area contributed by atoms with Crippen molar-refractivity contribution in [2.45, 2.75) is 23.7 Å². The Balaban J connectivity index is 1.35. The summed E-state index contributed by atoms with van der Waals surface area (Å²) in [7, 11) is 0. The minimum atomic E-state index is -0.592. The highest BCUT2D eigenvalue weighted by Gasteiger charge is 2.47. The van der Waals surface area contributed by atoms with Gasteiger partial charge < -0.3 is 0 Å². The first-order chi connectivity index (χ1) is 23.8. The van der Waals surface area contributed by atoms with E-state index >= 15 is 0 Å². The van der Waals surface area contributed by atoms with E-state index in [0.717, 1.165) is 13.1 Å². The molecule has 1 aromatic heterocycles. The van der Waals surface area contributed by atoms with Gasteiger partial charge in [0.15, 0.2) is 0 Å². The molecule has 7 aromatic rings. The van der Waals surface area contributed by atoms with Crippen LogP contribution in [0.3, 0.4) is 0 Å². The predicted octanol–water partition coefficient (Wildman–Crippen LogP) is 10.2. The van der Waals surface area contributed by atoms with Crippen molar-refractivity contribution < 1.29 is 0 Å². The molecule has 6 aromatic carbocycles. The molecule has 0 saturated heterocycles. The van der Waals surface area contributed by atoms with E-state index in [4.69, 9.17) is 0 Å². The Kier molecular flexibility index (Phi) is 8.34. The molecule has 2 nitrogen and oxygen atoms in total. The van der Waals surface area contributed by atoms with E-state index < -0.39 is 11.1 Å². The molecule has 1 atom stereocenters. The van der Waals surface area contributed by atoms with Crippen molar-refractivity contribution in [3.05, 3.63) is 237 Å². The monoisotopic (exact) mass is 638 g/mol. The third kappa shape index (κ3) is 5.21. The second-order valence-electron chi connectivity index (χ2n) is 12.5. The summed E-state index contributed by atoms with van der Waals surface area (Å²) in [6.07, 6.45) is 0. The molecule has 0 radical (unpaired) electrons. The van der Waals surface area contributed by atoms with Crippen LogP contribution in [0.25, 0.3) is 0 Å². The maximum atomic E-state index is 4.38. The van der Waals surface area contributed by atoms with Crippen LogP contribution in [-0.4, -0.2) is 11.4 Å². The minimum absolute atomic E-state index is 0.0242. The highest BCUT2D eigenvalue weighted by molar-refractivity contribution is 7.10. The second-order valence-corrected chi connectivity index (χ2v) is 13.5. The van der Waals surface area contributed by atoms with Gasteiger partial charge in [0.2, 0.25) is 0 Å². The Morgan fingerprint density at radius 1 is 0.458 bits per heavy atom. The highest BCUT2D eigenvalue weighted by atomic mass is 32.1. The summed E-state index contributed by atoms with van der Waals surface area (Å²) in [4.78, 5) is 4.11. The molecule has 1 unspecified atom stereocenters. The van der Waals surface area contributed by atoms with Crippen molar-refractivity contribution in [1.82, 2.24) is 10.2 Å². The SMILES string of the molecule is c1ccc(C(NC2CN(C(c3ccccc3)(c3ccccc3)c3ccccc3)Cc3sccc32)(c2ccccc2)c2ccccc2)cc1. The van der Waals surface area contributed by atoms with Gasteiger partial charge in [0.05, 0.1) is 11.1 Å². The van der Waals surface area contributed by atoms with Gasteiger partial charge in [-0.15, -0.1) is 11.3 Å². The number of fused-ring (bicyclic) bond motifs is 1. The standard InChI is InChI=1S/C45H38N2S/c1-7-19-35(20-8-1)44(36-21-9-2-10-22-36,37-23-11-3-12-24-37)46-42-33-47(34-43-41(42)31-32-48-43)45(38-25-13-4-14-26-38,39-27-15-5-16-28-39)40-29-17-6-18-30-40/h1-32,42,46H,33-34H2. The van der Waals surface area contributed by atoms with Crippen LogP contribution >= 0.6 is 11.3 Å². The van der Waals surface area contributed by atoms with Gasteiger partial charge in [-0.3, -0.25) is 10.2 Å². The summed E-state index contributed by atoms with van der Waals surface area (Å²) in [5.41, 5.74) is 7.73. The van der Waals surface area contributed by atoms with E-state index in [1.54, 1.807) is 0 Å². The van der Waals surface area contributed by atoms with Crippen LogP contribution in [0.2, 0.25) is 0 Å². The van der Waals surface area contributed by atoms with Gasteiger partial charge in [-0.05, 0) is 50.4 Å². The Morgan fingerprint density at radius 2 is 0.812 bits per heavy atom. The Hall–Kier alpha value is -5.06. The molecule has 0 saturated carbocycles. The van der Waals surface area contributed by atoms with Gasteiger partial charge in [0.25, 0.3) is 0 Å². The summed E-state index contributed by atoms with van der Waals surface area (Å²) in [6.45, 7) is 1.65. The fourth-order valence-corrected chi connectivity index (χ4v) is 8.84. The van der Waals surface area contributed by atoms with Gasteiger partial charge in [-0.2, -0.15) is 0 Å². The third-order valence-electron chi connectivity index (χ3n) is 9.95. The Bertz CT molecular complexity index is 1850. The van der Waals surface area contributed by atoms with E-state index in [2.05, 4.69) is 204 Å². The molecule has 0 amide bonds.